The molecule has 2 fully saturated rings. The van der Waals surface area contributed by atoms with E-state index in [1.165, 1.54) is 51.9 Å². The molecule has 0 aliphatic carbocycles. The predicted molar refractivity (Wildman–Crippen MR) is 83.7 cm³/mol. The van der Waals surface area contributed by atoms with Crippen LogP contribution in [0.4, 0.5) is 0 Å². The van der Waals surface area contributed by atoms with E-state index >= 15 is 0 Å². The van der Waals surface area contributed by atoms with Crippen LogP contribution in [-0.2, 0) is 4.74 Å². The average Bonchev–Trinajstić information content (AvgIpc) is 2.81. The van der Waals surface area contributed by atoms with Crippen LogP contribution in [0.1, 0.15) is 52.9 Å². The van der Waals surface area contributed by atoms with Crippen molar-refractivity contribution in [3.05, 3.63) is 0 Å². The van der Waals surface area contributed by atoms with Crippen molar-refractivity contribution in [2.45, 2.75) is 70.7 Å². The van der Waals surface area contributed by atoms with Gasteiger partial charge in [0.15, 0.2) is 0 Å². The Hall–Kier alpha value is -0.160. The molecule has 20 heavy (non-hydrogen) atoms. The van der Waals surface area contributed by atoms with Gasteiger partial charge in [0.25, 0.3) is 0 Å². The van der Waals surface area contributed by atoms with Crippen molar-refractivity contribution in [1.82, 2.24) is 9.80 Å². The SMILES string of the molecule is CC(C)(C)OCCCN1CCC(N2CCC[C@@H]2N)CC1. The summed E-state index contributed by atoms with van der Waals surface area (Å²) in [7, 11) is 0. The third kappa shape index (κ3) is 4.99. The summed E-state index contributed by atoms with van der Waals surface area (Å²) in [4.78, 5) is 5.13. The summed E-state index contributed by atoms with van der Waals surface area (Å²) < 4.78 is 5.79. The Kier molecular flexibility index (Phi) is 5.84. The molecule has 2 aliphatic heterocycles. The van der Waals surface area contributed by atoms with Gasteiger partial charge in [-0.2, -0.15) is 0 Å². The van der Waals surface area contributed by atoms with Gasteiger partial charge >= 0.3 is 0 Å². The molecule has 2 aliphatic rings. The van der Waals surface area contributed by atoms with E-state index in [4.69, 9.17) is 10.5 Å². The molecule has 0 saturated carbocycles. The van der Waals surface area contributed by atoms with Gasteiger partial charge in [-0.3, -0.25) is 4.90 Å². The van der Waals surface area contributed by atoms with Crippen LogP contribution < -0.4 is 5.73 Å². The molecule has 0 aromatic rings. The molecule has 0 spiro atoms. The van der Waals surface area contributed by atoms with Crippen LogP contribution >= 0.6 is 0 Å². The van der Waals surface area contributed by atoms with Crippen molar-refractivity contribution in [3.63, 3.8) is 0 Å². The van der Waals surface area contributed by atoms with Crippen LogP contribution in [0, 0.1) is 0 Å². The standard InChI is InChI=1S/C16H33N3O/c1-16(2,3)20-13-5-9-18-11-7-14(8-12-18)19-10-4-6-15(19)17/h14-15H,4-13,17H2,1-3H3/t15-/m1/s1. The first-order valence-corrected chi connectivity index (χ1v) is 8.33. The van der Waals surface area contributed by atoms with Crippen LogP contribution in [0.2, 0.25) is 0 Å². The quantitative estimate of drug-likeness (QED) is 0.784. The molecule has 118 valence electrons. The topological polar surface area (TPSA) is 41.7 Å². The number of hydrogen-bond acceptors (Lipinski definition) is 4. The van der Waals surface area contributed by atoms with E-state index in [2.05, 4.69) is 30.6 Å². The first kappa shape index (κ1) is 16.2. The number of rotatable bonds is 5. The smallest absolute Gasteiger partial charge is 0.0598 e. The van der Waals surface area contributed by atoms with Crippen LogP contribution in [0.5, 0.6) is 0 Å². The summed E-state index contributed by atoms with van der Waals surface area (Å²) in [5.74, 6) is 0. The molecule has 2 N–H and O–H groups in total. The molecule has 0 unspecified atom stereocenters. The van der Waals surface area contributed by atoms with Crippen molar-refractivity contribution in [3.8, 4) is 0 Å². The number of nitrogens with two attached hydrogens (primary N) is 1. The Morgan fingerprint density at radius 3 is 2.35 bits per heavy atom. The van der Waals surface area contributed by atoms with Gasteiger partial charge in [0, 0.05) is 25.7 Å². The predicted octanol–water partition coefficient (Wildman–Crippen LogP) is 2.04. The van der Waals surface area contributed by atoms with Crippen molar-refractivity contribution < 1.29 is 4.74 Å². The monoisotopic (exact) mass is 283 g/mol. The van der Waals surface area contributed by atoms with Crippen LogP contribution in [0.15, 0.2) is 0 Å². The van der Waals surface area contributed by atoms with E-state index in [1.54, 1.807) is 0 Å². The van der Waals surface area contributed by atoms with Gasteiger partial charge in [-0.15, -0.1) is 0 Å². The van der Waals surface area contributed by atoms with Crippen LogP contribution in [-0.4, -0.2) is 60.4 Å². The highest BCUT2D eigenvalue weighted by Crippen LogP contribution is 2.23. The number of hydrogen-bond donors (Lipinski definition) is 1. The lowest BCUT2D eigenvalue weighted by atomic mass is 10.0. The summed E-state index contributed by atoms with van der Waals surface area (Å²) in [6.07, 6.45) is 6.51. The highest BCUT2D eigenvalue weighted by molar-refractivity contribution is 4.85. The second-order valence-corrected chi connectivity index (χ2v) is 7.33. The summed E-state index contributed by atoms with van der Waals surface area (Å²) in [6, 6.07) is 0.731. The number of piperidine rings is 1. The van der Waals surface area contributed by atoms with E-state index in [9.17, 15) is 0 Å². The van der Waals surface area contributed by atoms with Gasteiger partial charge in [-0.1, -0.05) is 0 Å². The fourth-order valence-electron chi connectivity index (χ4n) is 3.41. The molecule has 0 amide bonds. The average molecular weight is 283 g/mol. The highest BCUT2D eigenvalue weighted by Gasteiger charge is 2.30. The molecular weight excluding hydrogens is 250 g/mol. The van der Waals surface area contributed by atoms with E-state index in [-0.39, 0.29) is 5.60 Å². The van der Waals surface area contributed by atoms with Gasteiger partial charge < -0.3 is 15.4 Å². The minimum absolute atomic E-state index is 0.00111. The minimum Gasteiger partial charge on any atom is -0.376 e. The molecule has 2 rings (SSSR count). The first-order chi connectivity index (χ1) is 9.46. The first-order valence-electron chi connectivity index (χ1n) is 8.33. The maximum atomic E-state index is 6.18. The fraction of sp³-hybridized carbons (Fsp3) is 1.00. The molecule has 4 heteroatoms. The Morgan fingerprint density at radius 1 is 1.10 bits per heavy atom. The Labute approximate surface area is 124 Å². The number of nitrogens with zero attached hydrogens (tertiary/aromatic N) is 2. The van der Waals surface area contributed by atoms with E-state index in [1.807, 2.05) is 0 Å². The van der Waals surface area contributed by atoms with Crippen LogP contribution in [0.3, 0.4) is 0 Å². The van der Waals surface area contributed by atoms with E-state index < -0.39 is 0 Å². The highest BCUT2D eigenvalue weighted by atomic mass is 16.5. The molecule has 2 heterocycles. The zero-order chi connectivity index (χ0) is 14.6. The molecular formula is C16H33N3O. The summed E-state index contributed by atoms with van der Waals surface area (Å²) >= 11 is 0. The Morgan fingerprint density at radius 2 is 1.80 bits per heavy atom. The van der Waals surface area contributed by atoms with Gasteiger partial charge in [-0.05, 0) is 66.0 Å². The van der Waals surface area contributed by atoms with E-state index in [0.717, 1.165) is 19.1 Å². The summed E-state index contributed by atoms with van der Waals surface area (Å²) in [6.45, 7) is 12.1. The molecule has 0 radical (unpaired) electrons. The van der Waals surface area contributed by atoms with Gasteiger partial charge in [0.1, 0.15) is 0 Å². The zero-order valence-electron chi connectivity index (χ0n) is 13.6. The van der Waals surface area contributed by atoms with Crippen molar-refractivity contribution in [2.24, 2.45) is 5.73 Å². The molecule has 1 atom stereocenters. The second-order valence-electron chi connectivity index (χ2n) is 7.33. The van der Waals surface area contributed by atoms with Crippen molar-refractivity contribution in [1.29, 1.82) is 0 Å². The van der Waals surface area contributed by atoms with Gasteiger partial charge in [0.2, 0.25) is 0 Å². The molecule has 0 aromatic heterocycles. The maximum Gasteiger partial charge on any atom is 0.0598 e. The second kappa shape index (κ2) is 7.21. The lowest BCUT2D eigenvalue weighted by molar-refractivity contribution is -0.00839. The maximum absolute atomic E-state index is 6.18. The lowest BCUT2D eigenvalue weighted by Crippen LogP contribution is -2.49. The lowest BCUT2D eigenvalue weighted by Gasteiger charge is -2.38. The van der Waals surface area contributed by atoms with Crippen molar-refractivity contribution >= 4 is 0 Å². The summed E-state index contributed by atoms with van der Waals surface area (Å²) in [5, 5.41) is 0. The van der Waals surface area contributed by atoms with Gasteiger partial charge in [0.05, 0.1) is 11.8 Å². The van der Waals surface area contributed by atoms with E-state index in [0.29, 0.717) is 6.17 Å². The third-order valence-corrected chi connectivity index (χ3v) is 4.52. The Bertz CT molecular complexity index is 282. The Balaban J connectivity index is 1.60. The molecule has 4 nitrogen and oxygen atoms in total. The molecule has 0 bridgehead atoms. The fourth-order valence-corrected chi connectivity index (χ4v) is 3.41. The number of ether oxygens (including phenoxy) is 1. The molecule has 2 saturated heterocycles. The normalized spacial score (nSPS) is 27.3. The largest absolute Gasteiger partial charge is 0.376 e. The summed E-state index contributed by atoms with van der Waals surface area (Å²) in [5.41, 5.74) is 6.18. The van der Waals surface area contributed by atoms with Gasteiger partial charge in [-0.25, -0.2) is 0 Å². The molecule has 0 aromatic carbocycles. The minimum atomic E-state index is -0.00111. The van der Waals surface area contributed by atoms with Crippen molar-refractivity contribution in [2.75, 3.05) is 32.8 Å². The van der Waals surface area contributed by atoms with Crippen LogP contribution in [0.25, 0.3) is 0 Å². The zero-order valence-corrected chi connectivity index (χ0v) is 13.6. The number of likely N-dealkylation sites (tertiary alicyclic amines) is 2. The third-order valence-electron chi connectivity index (χ3n) is 4.52.